The quantitative estimate of drug-likeness (QED) is 0.887. The van der Waals surface area contributed by atoms with E-state index < -0.39 is 12.3 Å². The maximum Gasteiger partial charge on any atom is 0.117 e. The van der Waals surface area contributed by atoms with Crippen molar-refractivity contribution in [2.75, 3.05) is 6.67 Å². The topological polar surface area (TPSA) is 20.2 Å². The van der Waals surface area contributed by atoms with E-state index in [9.17, 15) is 9.50 Å². The molecule has 0 aromatic heterocycles. The molecule has 0 saturated heterocycles. The minimum absolute atomic E-state index is 0.0264. The molecule has 18 heavy (non-hydrogen) atoms. The van der Waals surface area contributed by atoms with E-state index in [1.807, 2.05) is 18.2 Å². The Hall–Kier alpha value is -1.38. The van der Waals surface area contributed by atoms with Crippen molar-refractivity contribution in [3.8, 4) is 0 Å². The third-order valence-electron chi connectivity index (χ3n) is 3.03. The summed E-state index contributed by atoms with van der Waals surface area (Å²) in [5.74, 6) is 0. The first-order valence-corrected chi connectivity index (χ1v) is 6.14. The minimum Gasteiger partial charge on any atom is -0.380 e. The highest BCUT2D eigenvalue weighted by molar-refractivity contribution is 6.30. The molecule has 3 heteroatoms. The molecule has 0 aliphatic carbocycles. The van der Waals surface area contributed by atoms with Crippen LogP contribution in [0, 0.1) is 0 Å². The maximum atomic E-state index is 12.8. The van der Waals surface area contributed by atoms with E-state index in [2.05, 4.69) is 0 Å². The van der Waals surface area contributed by atoms with Crippen molar-refractivity contribution in [2.24, 2.45) is 0 Å². The summed E-state index contributed by atoms with van der Waals surface area (Å²) in [6.45, 7) is -0.589. The van der Waals surface area contributed by atoms with Gasteiger partial charge >= 0.3 is 0 Å². The number of halogens is 2. The molecule has 0 aliphatic rings. The Kier molecular flexibility index (Phi) is 4.00. The normalized spacial score (nSPS) is 14.2. The van der Waals surface area contributed by atoms with Crippen LogP contribution in [-0.2, 0) is 5.60 Å². The average molecular weight is 265 g/mol. The number of hydrogen-bond donors (Lipinski definition) is 1. The fourth-order valence-corrected chi connectivity index (χ4v) is 2.16. The smallest absolute Gasteiger partial charge is 0.117 e. The maximum absolute atomic E-state index is 12.8. The van der Waals surface area contributed by atoms with E-state index in [-0.39, 0.29) is 6.42 Å². The predicted molar refractivity (Wildman–Crippen MR) is 71.5 cm³/mol. The van der Waals surface area contributed by atoms with E-state index in [0.717, 1.165) is 0 Å². The van der Waals surface area contributed by atoms with Crippen molar-refractivity contribution in [1.82, 2.24) is 0 Å². The summed E-state index contributed by atoms with van der Waals surface area (Å²) < 4.78 is 12.8. The van der Waals surface area contributed by atoms with Crippen LogP contribution >= 0.6 is 11.6 Å². The molecule has 0 fully saturated rings. The van der Waals surface area contributed by atoms with Crippen LogP contribution in [0.2, 0.25) is 5.02 Å². The van der Waals surface area contributed by atoms with Crippen molar-refractivity contribution >= 4 is 11.6 Å². The van der Waals surface area contributed by atoms with Crippen LogP contribution in [0.4, 0.5) is 4.39 Å². The summed E-state index contributed by atoms with van der Waals surface area (Å²) in [6.07, 6.45) is 0.0264. The largest absolute Gasteiger partial charge is 0.380 e. The fourth-order valence-electron chi connectivity index (χ4n) is 2.03. The molecule has 0 saturated carbocycles. The van der Waals surface area contributed by atoms with Gasteiger partial charge in [0.15, 0.2) is 0 Å². The molecule has 2 rings (SSSR count). The van der Waals surface area contributed by atoms with E-state index in [4.69, 9.17) is 11.6 Å². The van der Waals surface area contributed by atoms with E-state index in [1.54, 1.807) is 36.4 Å². The summed E-state index contributed by atoms with van der Waals surface area (Å²) in [6, 6.07) is 16.0. The monoisotopic (exact) mass is 264 g/mol. The molecule has 1 nitrogen and oxygen atoms in total. The van der Waals surface area contributed by atoms with Crippen LogP contribution in [0.5, 0.6) is 0 Å². The van der Waals surface area contributed by atoms with Crippen molar-refractivity contribution in [3.05, 3.63) is 70.7 Å². The highest BCUT2D eigenvalue weighted by Gasteiger charge is 2.30. The molecule has 0 spiro atoms. The second-order valence-corrected chi connectivity index (χ2v) is 4.61. The Labute approximate surface area is 111 Å². The first-order valence-electron chi connectivity index (χ1n) is 5.77. The zero-order valence-corrected chi connectivity index (χ0v) is 10.6. The number of hydrogen-bond acceptors (Lipinski definition) is 1. The Morgan fingerprint density at radius 2 is 1.50 bits per heavy atom. The van der Waals surface area contributed by atoms with E-state index in [1.165, 1.54) is 0 Å². The molecule has 0 amide bonds. The van der Waals surface area contributed by atoms with Crippen LogP contribution < -0.4 is 0 Å². The first-order chi connectivity index (χ1) is 8.66. The van der Waals surface area contributed by atoms with Gasteiger partial charge in [-0.2, -0.15) is 0 Å². The zero-order valence-electron chi connectivity index (χ0n) is 9.81. The fraction of sp³-hybridized carbons (Fsp3) is 0.200. The lowest BCUT2D eigenvalue weighted by molar-refractivity contribution is 0.0633. The van der Waals surface area contributed by atoms with Crippen molar-refractivity contribution in [2.45, 2.75) is 12.0 Å². The number of rotatable bonds is 4. The zero-order chi connectivity index (χ0) is 13.0. The highest BCUT2D eigenvalue weighted by atomic mass is 35.5. The molecular formula is C15H14ClFO. The van der Waals surface area contributed by atoms with Gasteiger partial charge < -0.3 is 5.11 Å². The summed E-state index contributed by atoms with van der Waals surface area (Å²) in [7, 11) is 0. The lowest BCUT2D eigenvalue weighted by atomic mass is 9.84. The average Bonchev–Trinajstić information content (AvgIpc) is 2.40. The summed E-state index contributed by atoms with van der Waals surface area (Å²) in [4.78, 5) is 0. The first kappa shape index (κ1) is 13.1. The minimum atomic E-state index is -1.30. The Morgan fingerprint density at radius 3 is 2.06 bits per heavy atom. The Bertz CT molecular complexity index is 498. The molecule has 94 valence electrons. The van der Waals surface area contributed by atoms with Gasteiger partial charge in [-0.15, -0.1) is 0 Å². The van der Waals surface area contributed by atoms with Gasteiger partial charge in [0.1, 0.15) is 5.60 Å². The molecular weight excluding hydrogens is 251 g/mol. The molecule has 0 heterocycles. The summed E-state index contributed by atoms with van der Waals surface area (Å²) in [5, 5.41) is 11.4. The number of benzene rings is 2. The van der Waals surface area contributed by atoms with Crippen LogP contribution in [0.15, 0.2) is 54.6 Å². The van der Waals surface area contributed by atoms with Gasteiger partial charge in [-0.25, -0.2) is 0 Å². The highest BCUT2D eigenvalue weighted by Crippen LogP contribution is 2.33. The third kappa shape index (κ3) is 2.55. The second kappa shape index (κ2) is 5.51. The summed E-state index contributed by atoms with van der Waals surface area (Å²) >= 11 is 5.83. The van der Waals surface area contributed by atoms with Gasteiger partial charge in [0.2, 0.25) is 0 Å². The SMILES string of the molecule is OC(CCF)(c1ccccc1)c1ccc(Cl)cc1. The molecule has 0 radical (unpaired) electrons. The van der Waals surface area contributed by atoms with Crippen molar-refractivity contribution < 1.29 is 9.50 Å². The van der Waals surface area contributed by atoms with Crippen LogP contribution in [0.1, 0.15) is 17.5 Å². The molecule has 2 aromatic carbocycles. The van der Waals surface area contributed by atoms with Crippen LogP contribution in [-0.4, -0.2) is 11.8 Å². The van der Waals surface area contributed by atoms with Gasteiger partial charge in [-0.1, -0.05) is 54.1 Å². The van der Waals surface area contributed by atoms with Gasteiger partial charge in [0.25, 0.3) is 0 Å². The molecule has 0 aliphatic heterocycles. The lowest BCUT2D eigenvalue weighted by Gasteiger charge is -2.28. The van der Waals surface area contributed by atoms with E-state index >= 15 is 0 Å². The predicted octanol–water partition coefficient (Wildman–Crippen LogP) is 3.94. The van der Waals surface area contributed by atoms with Crippen LogP contribution in [0.3, 0.4) is 0 Å². The molecule has 0 bridgehead atoms. The third-order valence-corrected chi connectivity index (χ3v) is 3.28. The molecule has 1 N–H and O–H groups in total. The van der Waals surface area contributed by atoms with Crippen LogP contribution in [0.25, 0.3) is 0 Å². The molecule has 2 aromatic rings. The Morgan fingerprint density at radius 1 is 0.944 bits per heavy atom. The molecule has 1 atom stereocenters. The summed E-state index contributed by atoms with van der Waals surface area (Å²) in [5.41, 5.74) is 0.0290. The molecule has 1 unspecified atom stereocenters. The van der Waals surface area contributed by atoms with Crippen molar-refractivity contribution in [3.63, 3.8) is 0 Å². The van der Waals surface area contributed by atoms with E-state index in [0.29, 0.717) is 16.1 Å². The van der Waals surface area contributed by atoms with Gasteiger partial charge in [0.05, 0.1) is 6.67 Å². The van der Waals surface area contributed by atoms with Gasteiger partial charge in [-0.3, -0.25) is 4.39 Å². The standard InChI is InChI=1S/C15H14ClFO/c16-14-8-6-13(7-9-14)15(18,10-11-17)12-4-2-1-3-5-12/h1-9,18H,10-11H2. The number of aliphatic hydroxyl groups is 1. The van der Waals surface area contributed by atoms with Crippen molar-refractivity contribution in [1.29, 1.82) is 0 Å². The van der Waals surface area contributed by atoms with Gasteiger partial charge in [0, 0.05) is 11.4 Å². The second-order valence-electron chi connectivity index (χ2n) is 4.17. The number of alkyl halides is 1. The Balaban J connectivity index is 2.47. The lowest BCUT2D eigenvalue weighted by Crippen LogP contribution is -2.27. The van der Waals surface area contributed by atoms with Gasteiger partial charge in [-0.05, 0) is 23.3 Å².